The van der Waals surface area contributed by atoms with Crippen LogP contribution < -0.4 is 10.1 Å². The molecular formula is C23H24ClN5O2. The molecule has 3 aromatic rings. The molecule has 1 aromatic carbocycles. The van der Waals surface area contributed by atoms with E-state index in [1.54, 1.807) is 31.8 Å². The Bertz CT molecular complexity index is 1040. The van der Waals surface area contributed by atoms with Gasteiger partial charge in [-0.05, 0) is 48.7 Å². The highest BCUT2D eigenvalue weighted by molar-refractivity contribution is 6.30. The minimum atomic E-state index is 0.137. The molecule has 1 fully saturated rings. The fraction of sp³-hybridized carbons (Fsp3) is 0.304. The molecule has 0 spiro atoms. The van der Waals surface area contributed by atoms with Gasteiger partial charge in [0, 0.05) is 48.3 Å². The van der Waals surface area contributed by atoms with Gasteiger partial charge in [0.15, 0.2) is 0 Å². The third kappa shape index (κ3) is 5.30. The molecule has 3 heterocycles. The quantitative estimate of drug-likeness (QED) is 0.631. The van der Waals surface area contributed by atoms with Crippen LogP contribution in [0.5, 0.6) is 5.75 Å². The molecule has 0 radical (unpaired) electrons. The molecule has 1 N–H and O–H groups in total. The molecule has 8 heteroatoms. The number of aromatic nitrogens is 3. The highest BCUT2D eigenvalue weighted by Gasteiger charge is 2.23. The number of nitrogens with one attached hydrogen (secondary N) is 1. The summed E-state index contributed by atoms with van der Waals surface area (Å²) in [5.74, 6) is 1.40. The Hall–Kier alpha value is -3.19. The van der Waals surface area contributed by atoms with Crippen LogP contribution in [-0.4, -0.2) is 52.0 Å². The number of nitrogens with zero attached hydrogens (tertiary/aromatic N) is 4. The number of hydrogen-bond donors (Lipinski definition) is 1. The average molecular weight is 438 g/mol. The lowest BCUT2D eigenvalue weighted by Crippen LogP contribution is -2.43. The Morgan fingerprint density at radius 1 is 1.23 bits per heavy atom. The Labute approximate surface area is 186 Å². The average Bonchev–Trinajstić information content (AvgIpc) is 2.80. The van der Waals surface area contributed by atoms with Crippen molar-refractivity contribution in [3.05, 3.63) is 65.6 Å². The third-order valence-electron chi connectivity index (χ3n) is 5.35. The summed E-state index contributed by atoms with van der Waals surface area (Å²) in [7, 11) is 1.62. The van der Waals surface area contributed by atoms with Crippen LogP contribution in [-0.2, 0) is 11.2 Å². The van der Waals surface area contributed by atoms with Crippen molar-refractivity contribution in [3.63, 3.8) is 0 Å². The maximum atomic E-state index is 12.6. The third-order valence-corrected chi connectivity index (χ3v) is 5.59. The summed E-state index contributed by atoms with van der Waals surface area (Å²) in [5.41, 5.74) is 2.49. The Balaban J connectivity index is 1.37. The van der Waals surface area contributed by atoms with E-state index < -0.39 is 0 Å². The second-order valence-corrected chi connectivity index (χ2v) is 7.88. The Morgan fingerprint density at radius 2 is 2.06 bits per heavy atom. The Kier molecular flexibility index (Phi) is 6.62. The summed E-state index contributed by atoms with van der Waals surface area (Å²) in [6, 6.07) is 11.3. The largest absolute Gasteiger partial charge is 0.496 e. The maximum absolute atomic E-state index is 12.6. The monoisotopic (exact) mass is 437 g/mol. The molecule has 1 aliphatic rings. The second-order valence-electron chi connectivity index (χ2n) is 7.45. The number of hydrogen-bond acceptors (Lipinski definition) is 6. The number of anilines is 1. The number of likely N-dealkylation sites (tertiary alicyclic amines) is 1. The van der Waals surface area contributed by atoms with E-state index in [0.717, 1.165) is 29.7 Å². The number of amides is 1. The van der Waals surface area contributed by atoms with Gasteiger partial charge < -0.3 is 15.0 Å². The first kappa shape index (κ1) is 21.1. The van der Waals surface area contributed by atoms with Gasteiger partial charge >= 0.3 is 0 Å². The normalized spacial score (nSPS) is 14.3. The van der Waals surface area contributed by atoms with Gasteiger partial charge in [0.1, 0.15) is 5.75 Å². The molecule has 0 aliphatic carbocycles. The van der Waals surface area contributed by atoms with E-state index in [-0.39, 0.29) is 11.9 Å². The van der Waals surface area contributed by atoms with E-state index in [1.165, 1.54) is 0 Å². The van der Waals surface area contributed by atoms with E-state index in [4.69, 9.17) is 16.3 Å². The SMILES string of the molecule is COc1ccc(Cl)cc1-c1ccnc(NC2CCN(C(=O)Cc3cccnc3)CC2)n1. The summed E-state index contributed by atoms with van der Waals surface area (Å²) in [5, 5.41) is 4.03. The van der Waals surface area contributed by atoms with Crippen molar-refractivity contribution in [2.75, 3.05) is 25.5 Å². The van der Waals surface area contributed by atoms with Gasteiger partial charge in [-0.25, -0.2) is 9.97 Å². The van der Waals surface area contributed by atoms with Gasteiger partial charge in [-0.3, -0.25) is 9.78 Å². The predicted molar refractivity (Wildman–Crippen MR) is 120 cm³/mol. The zero-order chi connectivity index (χ0) is 21.6. The van der Waals surface area contributed by atoms with E-state index in [9.17, 15) is 4.79 Å². The van der Waals surface area contributed by atoms with Gasteiger partial charge in [-0.2, -0.15) is 0 Å². The molecule has 0 unspecified atom stereocenters. The van der Waals surface area contributed by atoms with Crippen LogP contribution in [0.4, 0.5) is 5.95 Å². The first-order chi connectivity index (χ1) is 15.1. The van der Waals surface area contributed by atoms with E-state index in [0.29, 0.717) is 36.2 Å². The van der Waals surface area contributed by atoms with Crippen LogP contribution in [0, 0.1) is 0 Å². The van der Waals surface area contributed by atoms with Crippen molar-refractivity contribution >= 4 is 23.5 Å². The summed E-state index contributed by atoms with van der Waals surface area (Å²) >= 11 is 6.16. The lowest BCUT2D eigenvalue weighted by atomic mass is 10.0. The molecule has 160 valence electrons. The molecule has 2 aromatic heterocycles. The molecule has 4 rings (SSSR count). The number of methoxy groups -OCH3 is 1. The van der Waals surface area contributed by atoms with Crippen LogP contribution in [0.25, 0.3) is 11.3 Å². The molecule has 7 nitrogen and oxygen atoms in total. The number of halogens is 1. The van der Waals surface area contributed by atoms with Crippen molar-refractivity contribution in [3.8, 4) is 17.0 Å². The van der Waals surface area contributed by atoms with Gasteiger partial charge in [0.05, 0.1) is 19.2 Å². The molecule has 1 saturated heterocycles. The zero-order valence-electron chi connectivity index (χ0n) is 17.3. The van der Waals surface area contributed by atoms with Crippen molar-refractivity contribution < 1.29 is 9.53 Å². The number of rotatable bonds is 6. The minimum absolute atomic E-state index is 0.137. The first-order valence-electron chi connectivity index (χ1n) is 10.2. The van der Waals surface area contributed by atoms with Gasteiger partial charge in [0.2, 0.25) is 11.9 Å². The molecule has 1 amide bonds. The molecule has 0 saturated carbocycles. The number of carbonyl (C=O) groups is 1. The van der Waals surface area contributed by atoms with E-state index in [2.05, 4.69) is 20.3 Å². The summed E-state index contributed by atoms with van der Waals surface area (Å²) in [4.78, 5) is 27.6. The van der Waals surface area contributed by atoms with Crippen molar-refractivity contribution in [2.24, 2.45) is 0 Å². The van der Waals surface area contributed by atoms with Crippen molar-refractivity contribution in [1.82, 2.24) is 19.9 Å². The Morgan fingerprint density at radius 3 is 2.81 bits per heavy atom. The maximum Gasteiger partial charge on any atom is 0.227 e. The fourth-order valence-electron chi connectivity index (χ4n) is 3.70. The minimum Gasteiger partial charge on any atom is -0.496 e. The zero-order valence-corrected chi connectivity index (χ0v) is 18.0. The van der Waals surface area contributed by atoms with Crippen molar-refractivity contribution in [2.45, 2.75) is 25.3 Å². The van der Waals surface area contributed by atoms with Gasteiger partial charge in [-0.15, -0.1) is 0 Å². The number of ether oxygens (including phenoxy) is 1. The smallest absolute Gasteiger partial charge is 0.227 e. The topological polar surface area (TPSA) is 80.2 Å². The first-order valence-corrected chi connectivity index (χ1v) is 10.6. The summed E-state index contributed by atoms with van der Waals surface area (Å²) < 4.78 is 5.44. The van der Waals surface area contributed by atoms with E-state index in [1.807, 2.05) is 35.2 Å². The van der Waals surface area contributed by atoms with Crippen LogP contribution in [0.15, 0.2) is 55.0 Å². The number of carbonyl (C=O) groups excluding carboxylic acids is 1. The molecular weight excluding hydrogens is 414 g/mol. The van der Waals surface area contributed by atoms with E-state index >= 15 is 0 Å². The summed E-state index contributed by atoms with van der Waals surface area (Å²) in [6.07, 6.45) is 7.24. The highest BCUT2D eigenvalue weighted by atomic mass is 35.5. The molecule has 0 bridgehead atoms. The lowest BCUT2D eigenvalue weighted by molar-refractivity contribution is -0.131. The predicted octanol–water partition coefficient (Wildman–Crippen LogP) is 3.85. The summed E-state index contributed by atoms with van der Waals surface area (Å²) in [6.45, 7) is 1.41. The number of pyridine rings is 1. The van der Waals surface area contributed by atoms with Gasteiger partial charge in [0.25, 0.3) is 0 Å². The van der Waals surface area contributed by atoms with Crippen molar-refractivity contribution in [1.29, 1.82) is 0 Å². The van der Waals surface area contributed by atoms with Crippen LogP contribution in [0.3, 0.4) is 0 Å². The molecule has 31 heavy (non-hydrogen) atoms. The van der Waals surface area contributed by atoms with Gasteiger partial charge in [-0.1, -0.05) is 17.7 Å². The molecule has 0 atom stereocenters. The number of piperidine rings is 1. The van der Waals surface area contributed by atoms with Crippen LogP contribution in [0.2, 0.25) is 5.02 Å². The van der Waals surface area contributed by atoms with Crippen LogP contribution >= 0.6 is 11.6 Å². The molecule has 1 aliphatic heterocycles. The number of benzene rings is 1. The lowest BCUT2D eigenvalue weighted by Gasteiger charge is -2.32. The van der Waals surface area contributed by atoms with Crippen LogP contribution in [0.1, 0.15) is 18.4 Å². The fourth-order valence-corrected chi connectivity index (χ4v) is 3.88. The standard InChI is InChI=1S/C23H24ClN5O2/c1-31-21-5-4-17(24)14-19(21)20-6-10-26-23(28-20)27-18-7-11-29(12-8-18)22(30)13-16-3-2-9-25-15-16/h2-6,9-10,14-15,18H,7-8,11-13H2,1H3,(H,26,27,28). The second kappa shape index (κ2) is 9.75. The highest BCUT2D eigenvalue weighted by Crippen LogP contribution is 2.31.